The maximum Gasteiger partial charge on any atom is 0.195 e. The number of guanidine groups is 1. The summed E-state index contributed by atoms with van der Waals surface area (Å²) in [5.74, 6) is 1.70. The van der Waals surface area contributed by atoms with E-state index < -0.39 is 0 Å². The molecule has 0 aromatic heterocycles. The summed E-state index contributed by atoms with van der Waals surface area (Å²) in [7, 11) is 7.24. The van der Waals surface area contributed by atoms with E-state index in [-0.39, 0.29) is 35.8 Å². The number of halogens is 2. The molecule has 0 heterocycles. The van der Waals surface area contributed by atoms with Crippen molar-refractivity contribution in [1.29, 1.82) is 0 Å². The number of aliphatic imine (C=N–C) groups is 1. The van der Waals surface area contributed by atoms with E-state index >= 15 is 0 Å². The van der Waals surface area contributed by atoms with Crippen molar-refractivity contribution >= 4 is 35.6 Å². The van der Waals surface area contributed by atoms with Gasteiger partial charge >= 0.3 is 0 Å². The van der Waals surface area contributed by atoms with Crippen molar-refractivity contribution in [2.24, 2.45) is 4.99 Å². The van der Waals surface area contributed by atoms with Crippen molar-refractivity contribution in [2.45, 2.75) is 13.0 Å². The molecule has 0 fully saturated rings. The molecule has 160 valence electrons. The van der Waals surface area contributed by atoms with E-state index in [1.165, 1.54) is 6.07 Å². The van der Waals surface area contributed by atoms with Crippen molar-refractivity contribution in [2.75, 3.05) is 46.7 Å². The van der Waals surface area contributed by atoms with Crippen molar-refractivity contribution in [1.82, 2.24) is 10.2 Å². The zero-order chi connectivity index (χ0) is 20.5. The monoisotopic (exact) mass is 516 g/mol. The van der Waals surface area contributed by atoms with Crippen molar-refractivity contribution in [3.8, 4) is 11.5 Å². The molecule has 2 N–H and O–H groups in total. The Bertz CT molecular complexity index is 802. The van der Waals surface area contributed by atoms with Gasteiger partial charge in [-0.3, -0.25) is 4.99 Å². The quantitative estimate of drug-likeness (QED) is 0.314. The van der Waals surface area contributed by atoms with Crippen molar-refractivity contribution in [3.05, 3.63) is 53.8 Å². The number of anilines is 1. The Balaban J connectivity index is 0.00000420. The first-order chi connectivity index (χ1) is 13.5. The largest absolute Gasteiger partial charge is 0.493 e. The molecule has 0 radical (unpaired) electrons. The van der Waals surface area contributed by atoms with E-state index in [0.717, 1.165) is 11.3 Å². The molecule has 0 aliphatic carbocycles. The maximum atomic E-state index is 13.6. The zero-order valence-electron chi connectivity index (χ0n) is 17.5. The second-order valence-electron chi connectivity index (χ2n) is 6.41. The van der Waals surface area contributed by atoms with Crippen LogP contribution in [0.5, 0.6) is 11.5 Å². The van der Waals surface area contributed by atoms with Crippen LogP contribution in [-0.4, -0.2) is 52.3 Å². The minimum atomic E-state index is -0.242. The first kappa shape index (κ1) is 25.0. The molecule has 6 nitrogen and oxygen atoms in total. The van der Waals surface area contributed by atoms with Gasteiger partial charge in [-0.05, 0) is 50.8 Å². The van der Waals surface area contributed by atoms with Crippen LogP contribution in [0.25, 0.3) is 0 Å². The van der Waals surface area contributed by atoms with Gasteiger partial charge in [-0.2, -0.15) is 0 Å². The molecule has 0 amide bonds. The SMILES string of the molecule is CCOc1cc(NC(=NC)NCC(c2cccc(F)c2)N(C)C)ccc1OC.I. The van der Waals surface area contributed by atoms with Crippen LogP contribution in [0.3, 0.4) is 0 Å². The van der Waals surface area contributed by atoms with Gasteiger partial charge in [0, 0.05) is 25.3 Å². The summed E-state index contributed by atoms with van der Waals surface area (Å²) in [6.45, 7) is 3.03. The van der Waals surface area contributed by atoms with Gasteiger partial charge in [0.1, 0.15) is 5.82 Å². The predicted octanol–water partition coefficient (Wildman–Crippen LogP) is 4.14. The molecular weight excluding hydrogens is 486 g/mol. The lowest BCUT2D eigenvalue weighted by atomic mass is 10.1. The Kier molecular flexibility index (Phi) is 10.7. The number of rotatable bonds is 8. The fraction of sp³-hybridized carbons (Fsp3) is 0.381. The Morgan fingerprint density at radius 3 is 2.52 bits per heavy atom. The van der Waals surface area contributed by atoms with Gasteiger partial charge in [0.15, 0.2) is 17.5 Å². The van der Waals surface area contributed by atoms with Gasteiger partial charge in [0.2, 0.25) is 0 Å². The standard InChI is InChI=1S/C21H29FN4O2.HI/c1-6-28-20-13-17(10-11-19(20)27-5)25-21(23-2)24-14-18(26(3)4)15-8-7-9-16(22)12-15;/h7-13,18H,6,14H2,1-5H3,(H2,23,24,25);1H. The van der Waals surface area contributed by atoms with Crippen LogP contribution < -0.4 is 20.1 Å². The number of nitrogens with zero attached hydrogens (tertiary/aromatic N) is 2. The molecule has 2 aromatic rings. The number of benzene rings is 2. The molecule has 2 rings (SSSR count). The van der Waals surface area contributed by atoms with Crippen LogP contribution in [0.1, 0.15) is 18.5 Å². The fourth-order valence-corrected chi connectivity index (χ4v) is 2.84. The smallest absolute Gasteiger partial charge is 0.195 e. The summed E-state index contributed by atoms with van der Waals surface area (Å²) in [6, 6.07) is 12.2. The third-order valence-corrected chi connectivity index (χ3v) is 4.27. The zero-order valence-corrected chi connectivity index (χ0v) is 19.9. The molecule has 0 bridgehead atoms. The number of hydrogen-bond donors (Lipinski definition) is 2. The van der Waals surface area contributed by atoms with E-state index in [2.05, 4.69) is 15.6 Å². The molecule has 0 saturated heterocycles. The van der Waals surface area contributed by atoms with Gasteiger partial charge in [-0.1, -0.05) is 12.1 Å². The highest BCUT2D eigenvalue weighted by atomic mass is 127. The van der Waals surface area contributed by atoms with Gasteiger partial charge in [-0.25, -0.2) is 4.39 Å². The van der Waals surface area contributed by atoms with Gasteiger partial charge in [-0.15, -0.1) is 24.0 Å². The normalized spacial score (nSPS) is 12.2. The van der Waals surface area contributed by atoms with E-state index in [4.69, 9.17) is 9.47 Å². The first-order valence-electron chi connectivity index (χ1n) is 9.18. The molecule has 1 atom stereocenters. The van der Waals surface area contributed by atoms with Gasteiger partial charge in [0.25, 0.3) is 0 Å². The number of hydrogen-bond acceptors (Lipinski definition) is 4. The van der Waals surface area contributed by atoms with E-state index in [9.17, 15) is 4.39 Å². The summed E-state index contributed by atoms with van der Waals surface area (Å²) in [5.41, 5.74) is 1.72. The highest BCUT2D eigenvalue weighted by molar-refractivity contribution is 14.0. The van der Waals surface area contributed by atoms with Crippen molar-refractivity contribution < 1.29 is 13.9 Å². The Labute approximate surface area is 189 Å². The second-order valence-corrected chi connectivity index (χ2v) is 6.41. The predicted molar refractivity (Wildman–Crippen MR) is 127 cm³/mol. The molecule has 0 aliphatic rings. The molecule has 0 saturated carbocycles. The van der Waals surface area contributed by atoms with Gasteiger partial charge in [0.05, 0.1) is 19.8 Å². The highest BCUT2D eigenvalue weighted by Crippen LogP contribution is 2.30. The first-order valence-corrected chi connectivity index (χ1v) is 9.18. The molecule has 29 heavy (non-hydrogen) atoms. The highest BCUT2D eigenvalue weighted by Gasteiger charge is 2.15. The minimum absolute atomic E-state index is 0. The summed E-state index contributed by atoms with van der Waals surface area (Å²) < 4.78 is 24.5. The van der Waals surface area contributed by atoms with Crippen LogP contribution in [0, 0.1) is 5.82 Å². The number of methoxy groups -OCH3 is 1. The van der Waals surface area contributed by atoms with E-state index in [1.807, 2.05) is 50.2 Å². The lowest BCUT2D eigenvalue weighted by Gasteiger charge is -2.26. The summed E-state index contributed by atoms with van der Waals surface area (Å²) in [6.07, 6.45) is 0. The average Bonchev–Trinajstić information content (AvgIpc) is 2.67. The minimum Gasteiger partial charge on any atom is -0.493 e. The number of nitrogens with one attached hydrogen (secondary N) is 2. The molecule has 8 heteroatoms. The third-order valence-electron chi connectivity index (χ3n) is 4.27. The Morgan fingerprint density at radius 1 is 1.17 bits per heavy atom. The van der Waals surface area contributed by atoms with Crippen LogP contribution in [0.4, 0.5) is 10.1 Å². The number of ether oxygens (including phenoxy) is 2. The molecule has 0 aliphatic heterocycles. The lowest BCUT2D eigenvalue weighted by molar-refractivity contribution is 0.298. The second kappa shape index (κ2) is 12.5. The van der Waals surface area contributed by atoms with Crippen molar-refractivity contribution in [3.63, 3.8) is 0 Å². The lowest BCUT2D eigenvalue weighted by Crippen LogP contribution is -2.38. The third kappa shape index (κ3) is 7.36. The summed E-state index contributed by atoms with van der Waals surface area (Å²) in [5, 5.41) is 6.55. The average molecular weight is 516 g/mol. The molecule has 1 unspecified atom stereocenters. The molecule has 2 aromatic carbocycles. The fourth-order valence-electron chi connectivity index (χ4n) is 2.84. The molecule has 0 spiro atoms. The van der Waals surface area contributed by atoms with E-state index in [0.29, 0.717) is 30.6 Å². The number of likely N-dealkylation sites (N-methyl/N-ethyl adjacent to an activating group) is 1. The Morgan fingerprint density at radius 2 is 1.93 bits per heavy atom. The van der Waals surface area contributed by atoms with Crippen LogP contribution in [-0.2, 0) is 0 Å². The summed E-state index contributed by atoms with van der Waals surface area (Å²) >= 11 is 0. The maximum absolute atomic E-state index is 13.6. The summed E-state index contributed by atoms with van der Waals surface area (Å²) in [4.78, 5) is 6.31. The Hall–Kier alpha value is -2.07. The van der Waals surface area contributed by atoms with E-state index in [1.54, 1.807) is 26.3 Å². The topological polar surface area (TPSA) is 58.1 Å². The van der Waals surface area contributed by atoms with Crippen LogP contribution in [0.2, 0.25) is 0 Å². The van der Waals surface area contributed by atoms with Crippen LogP contribution >= 0.6 is 24.0 Å². The van der Waals surface area contributed by atoms with Crippen LogP contribution in [0.15, 0.2) is 47.5 Å². The van der Waals surface area contributed by atoms with Gasteiger partial charge < -0.3 is 25.0 Å². The molecular formula is C21H30FIN4O2.